The molecule has 0 saturated carbocycles. The Hall–Kier alpha value is -2.71. The molecule has 0 atom stereocenters. The van der Waals surface area contributed by atoms with E-state index in [9.17, 15) is 26.3 Å². The normalized spacial score (nSPS) is 11.9. The quantitative estimate of drug-likeness (QED) is 0.380. The first kappa shape index (κ1) is 23.6. The van der Waals surface area contributed by atoms with Crippen LogP contribution in [0.2, 0.25) is 6.32 Å². The smallest absolute Gasteiger partial charge is 0.349 e. The second-order valence-corrected chi connectivity index (χ2v) is 6.47. The van der Waals surface area contributed by atoms with Crippen molar-refractivity contribution in [3.05, 3.63) is 89.0 Å². The van der Waals surface area contributed by atoms with Crippen molar-refractivity contribution < 1.29 is 26.3 Å². The highest BCUT2D eigenvalue weighted by atomic mass is 19.4. The van der Waals surface area contributed by atoms with Gasteiger partial charge in [0.15, 0.2) is 0 Å². The molecule has 2 radical (unpaired) electrons. The van der Waals surface area contributed by atoms with Gasteiger partial charge >= 0.3 is 12.4 Å². The third kappa shape index (κ3) is 6.40. The maximum absolute atomic E-state index is 12.8. The molecular weight excluding hydrogens is 405 g/mol. The van der Waals surface area contributed by atoms with Gasteiger partial charge in [-0.05, 0) is 29.7 Å². The minimum Gasteiger partial charge on any atom is -0.349 e. The summed E-state index contributed by atoms with van der Waals surface area (Å²) in [6.07, 6.45) is -4.59. The first-order chi connectivity index (χ1) is 14.1. The number of benzene rings is 2. The van der Waals surface area contributed by atoms with Crippen LogP contribution in [0.4, 0.5) is 26.3 Å². The van der Waals surface area contributed by atoms with Gasteiger partial charge in [-0.15, -0.1) is 0 Å². The highest BCUT2D eigenvalue weighted by Crippen LogP contribution is 2.36. The van der Waals surface area contributed by atoms with E-state index in [2.05, 4.69) is 16.9 Å². The second-order valence-electron chi connectivity index (χ2n) is 6.47. The Morgan fingerprint density at radius 1 is 0.900 bits per heavy atom. The van der Waals surface area contributed by atoms with E-state index in [0.29, 0.717) is 0 Å². The maximum Gasteiger partial charge on any atom is 0.416 e. The molecule has 2 aromatic carbocycles. The summed E-state index contributed by atoms with van der Waals surface area (Å²) in [6.45, 7) is 2.09. The van der Waals surface area contributed by atoms with Gasteiger partial charge in [-0.2, -0.15) is 26.3 Å². The molecule has 0 fully saturated rings. The number of alkyl halides is 6. The molecule has 1 aromatic heterocycles. The van der Waals surface area contributed by atoms with Crippen molar-refractivity contribution in [2.24, 2.45) is 0 Å². The van der Waals surface area contributed by atoms with Crippen molar-refractivity contribution in [1.29, 1.82) is 0 Å². The summed E-state index contributed by atoms with van der Waals surface area (Å²) in [5, 5.41) is 0. The van der Waals surface area contributed by atoms with Crippen LogP contribution in [0.1, 0.15) is 40.8 Å². The number of aromatic nitrogens is 2. The van der Waals surface area contributed by atoms with Crippen LogP contribution in [-0.2, 0) is 18.8 Å². The maximum atomic E-state index is 12.8. The van der Waals surface area contributed by atoms with Gasteiger partial charge in [0, 0.05) is 17.8 Å². The predicted molar refractivity (Wildman–Crippen MR) is 103 cm³/mol. The van der Waals surface area contributed by atoms with Crippen molar-refractivity contribution in [3.63, 3.8) is 0 Å². The summed E-state index contributed by atoms with van der Waals surface area (Å²) < 4.78 is 76.7. The van der Waals surface area contributed by atoms with Gasteiger partial charge in [0.2, 0.25) is 0 Å². The lowest BCUT2D eigenvalue weighted by atomic mass is 9.80. The van der Waals surface area contributed by atoms with E-state index in [4.69, 9.17) is 7.85 Å². The topological polar surface area (TPSA) is 28.7 Å². The molecule has 3 rings (SSSR count). The largest absolute Gasteiger partial charge is 0.416 e. The molecule has 9 heteroatoms. The molecule has 0 aliphatic heterocycles. The SMILES string of the molecule is CCc1cnc[nH]1.[B]CC(c1cccc(C(F)(F)F)c1)c1cccc(C(F)(F)F)c1. The Labute approximate surface area is 171 Å². The number of hydrogen-bond donors (Lipinski definition) is 1. The predicted octanol–water partition coefficient (Wildman–Crippen LogP) is 6.42. The molecule has 0 unspecified atom stereocenters. The zero-order valence-corrected chi connectivity index (χ0v) is 16.1. The minimum atomic E-state index is -4.52. The Balaban J connectivity index is 0.000000386. The summed E-state index contributed by atoms with van der Waals surface area (Å²) in [5.74, 6) is -0.750. The molecular formula is C21H19BF6N2. The molecule has 2 nitrogen and oxygen atoms in total. The van der Waals surface area contributed by atoms with Crippen molar-refractivity contribution in [1.82, 2.24) is 9.97 Å². The van der Waals surface area contributed by atoms with Crippen LogP contribution in [0.15, 0.2) is 61.1 Å². The van der Waals surface area contributed by atoms with Crippen molar-refractivity contribution in [3.8, 4) is 0 Å². The average molecular weight is 424 g/mol. The number of nitrogens with one attached hydrogen (secondary N) is 1. The summed E-state index contributed by atoms with van der Waals surface area (Å²) in [5.41, 5.74) is -0.0795. The lowest BCUT2D eigenvalue weighted by Gasteiger charge is -2.19. The van der Waals surface area contributed by atoms with Gasteiger partial charge in [-0.1, -0.05) is 49.6 Å². The van der Waals surface area contributed by atoms with Crippen LogP contribution in [0.3, 0.4) is 0 Å². The van der Waals surface area contributed by atoms with Crippen LogP contribution >= 0.6 is 0 Å². The number of aromatic amines is 1. The molecule has 0 bridgehead atoms. The number of rotatable bonds is 4. The Bertz CT molecular complexity index is 862. The van der Waals surface area contributed by atoms with E-state index >= 15 is 0 Å². The number of aryl methyl sites for hydroxylation is 1. The fraction of sp³-hybridized carbons (Fsp3) is 0.286. The van der Waals surface area contributed by atoms with Gasteiger partial charge in [0.1, 0.15) is 0 Å². The van der Waals surface area contributed by atoms with E-state index in [0.717, 1.165) is 30.7 Å². The van der Waals surface area contributed by atoms with Crippen LogP contribution in [0, 0.1) is 0 Å². The van der Waals surface area contributed by atoms with E-state index in [1.54, 1.807) is 6.33 Å². The standard InChI is InChI=1S/C16H11BF6.C5H8N2/c17-9-14(10-3-1-5-12(7-10)15(18,19)20)11-4-2-6-13(8-11)16(21,22)23;1-2-5-3-6-4-7-5/h1-8,14H,9H2;3-4H,2H2,1H3,(H,6,7). The van der Waals surface area contributed by atoms with Crippen LogP contribution in [0.25, 0.3) is 0 Å². The summed E-state index contributed by atoms with van der Waals surface area (Å²) in [4.78, 5) is 6.81. The Morgan fingerprint density at radius 3 is 1.70 bits per heavy atom. The minimum absolute atomic E-state index is 0.109. The highest BCUT2D eigenvalue weighted by molar-refractivity contribution is 6.09. The van der Waals surface area contributed by atoms with Gasteiger partial charge in [-0.3, -0.25) is 0 Å². The first-order valence-corrected chi connectivity index (χ1v) is 9.07. The Morgan fingerprint density at radius 2 is 1.40 bits per heavy atom. The zero-order valence-electron chi connectivity index (χ0n) is 16.1. The fourth-order valence-corrected chi connectivity index (χ4v) is 2.81. The fourth-order valence-electron chi connectivity index (χ4n) is 2.81. The zero-order chi connectivity index (χ0) is 22.4. The third-order valence-electron chi connectivity index (χ3n) is 4.40. The van der Waals surface area contributed by atoms with Gasteiger partial charge in [0.25, 0.3) is 0 Å². The Kier molecular flexibility index (Phi) is 7.75. The number of halogens is 6. The van der Waals surface area contributed by atoms with Crippen molar-refractivity contribution >= 4 is 7.85 Å². The molecule has 0 amide bonds. The van der Waals surface area contributed by atoms with Gasteiger partial charge in [-0.25, -0.2) is 4.98 Å². The lowest BCUT2D eigenvalue weighted by Crippen LogP contribution is -2.09. The van der Waals surface area contributed by atoms with Gasteiger partial charge in [0.05, 0.1) is 25.3 Å². The van der Waals surface area contributed by atoms with E-state index in [-0.39, 0.29) is 17.4 Å². The van der Waals surface area contributed by atoms with Crippen LogP contribution in [0.5, 0.6) is 0 Å². The summed E-state index contributed by atoms with van der Waals surface area (Å²) >= 11 is 0. The summed E-state index contributed by atoms with van der Waals surface area (Å²) in [6, 6.07) is 8.92. The van der Waals surface area contributed by atoms with E-state index < -0.39 is 29.4 Å². The third-order valence-corrected chi connectivity index (χ3v) is 4.40. The summed E-state index contributed by atoms with van der Waals surface area (Å²) in [7, 11) is 5.59. The van der Waals surface area contributed by atoms with Gasteiger partial charge < -0.3 is 4.98 Å². The van der Waals surface area contributed by atoms with Crippen LogP contribution in [-0.4, -0.2) is 17.8 Å². The highest BCUT2D eigenvalue weighted by Gasteiger charge is 2.32. The number of nitrogens with zero attached hydrogens (tertiary/aromatic N) is 1. The first-order valence-electron chi connectivity index (χ1n) is 9.07. The monoisotopic (exact) mass is 424 g/mol. The second kappa shape index (κ2) is 9.87. The lowest BCUT2D eigenvalue weighted by molar-refractivity contribution is -0.138. The molecule has 1 heterocycles. The molecule has 158 valence electrons. The number of imidazole rings is 1. The molecule has 3 aromatic rings. The molecule has 30 heavy (non-hydrogen) atoms. The molecule has 0 aliphatic carbocycles. The molecule has 0 aliphatic rings. The van der Waals surface area contributed by atoms with Crippen molar-refractivity contribution in [2.45, 2.75) is 37.9 Å². The number of H-pyrrole nitrogens is 1. The molecule has 0 saturated heterocycles. The van der Waals surface area contributed by atoms with E-state index in [1.165, 1.54) is 30.0 Å². The van der Waals surface area contributed by atoms with Crippen LogP contribution < -0.4 is 0 Å². The number of hydrogen-bond acceptors (Lipinski definition) is 1. The molecule has 0 spiro atoms. The molecule has 1 N–H and O–H groups in total. The van der Waals surface area contributed by atoms with Crippen molar-refractivity contribution in [2.75, 3.05) is 0 Å². The van der Waals surface area contributed by atoms with E-state index in [1.807, 2.05) is 6.20 Å². The average Bonchev–Trinajstić information content (AvgIpc) is 3.22.